The quantitative estimate of drug-likeness (QED) is 0.192. The topological polar surface area (TPSA) is 71.3 Å². The summed E-state index contributed by atoms with van der Waals surface area (Å²) in [4.78, 5) is 12.4. The highest BCUT2D eigenvalue weighted by atomic mass is 127. The third-order valence-electron chi connectivity index (χ3n) is 4.22. The van der Waals surface area contributed by atoms with Crippen LogP contribution in [0.25, 0.3) is 6.08 Å². The van der Waals surface area contributed by atoms with E-state index in [9.17, 15) is 10.1 Å². The van der Waals surface area contributed by atoms with Crippen molar-refractivity contribution in [2.45, 2.75) is 32.6 Å². The molecule has 0 fully saturated rings. The van der Waals surface area contributed by atoms with E-state index in [1.54, 1.807) is 37.4 Å². The zero-order chi connectivity index (χ0) is 21.1. The normalized spacial score (nSPS) is 10.9. The van der Waals surface area contributed by atoms with E-state index >= 15 is 0 Å². The first kappa shape index (κ1) is 22.8. The lowest BCUT2D eigenvalue weighted by Crippen LogP contribution is -2.13. The lowest BCUT2D eigenvalue weighted by atomic mass is 10.1. The predicted molar refractivity (Wildman–Crippen MR) is 124 cm³/mol. The average Bonchev–Trinajstić information content (AvgIpc) is 2.73. The van der Waals surface area contributed by atoms with E-state index in [0.717, 1.165) is 16.4 Å². The number of nitrogens with one attached hydrogen (secondary N) is 1. The summed E-state index contributed by atoms with van der Waals surface area (Å²) in [6.45, 7) is 2.81. The zero-order valence-corrected chi connectivity index (χ0v) is 18.9. The molecule has 0 atom stereocenters. The van der Waals surface area contributed by atoms with Crippen LogP contribution < -0.4 is 14.8 Å². The van der Waals surface area contributed by atoms with Crippen molar-refractivity contribution in [2.75, 3.05) is 19.0 Å². The fourth-order valence-electron chi connectivity index (χ4n) is 2.65. The predicted octanol–water partition coefficient (Wildman–Crippen LogP) is 5.80. The van der Waals surface area contributed by atoms with Crippen molar-refractivity contribution in [3.8, 4) is 17.6 Å². The number of anilines is 1. The molecule has 0 spiro atoms. The maximum Gasteiger partial charge on any atom is 0.266 e. The van der Waals surface area contributed by atoms with Crippen LogP contribution in [0.15, 0.2) is 48.0 Å². The van der Waals surface area contributed by atoms with E-state index in [1.807, 2.05) is 18.2 Å². The molecule has 0 saturated carbocycles. The smallest absolute Gasteiger partial charge is 0.266 e. The Kier molecular flexibility index (Phi) is 9.51. The first-order chi connectivity index (χ1) is 14.1. The summed E-state index contributed by atoms with van der Waals surface area (Å²) in [5.74, 6) is 0.775. The molecule has 0 bridgehead atoms. The second kappa shape index (κ2) is 12.1. The van der Waals surface area contributed by atoms with Gasteiger partial charge in [-0.05, 0) is 77.0 Å². The molecular weight excluding hydrogens is 479 g/mol. The standard InChI is InChI=1S/C23H25IN2O3/c1-3-4-5-6-13-29-21-12-7-17(15-22(21)28-2)14-18(16-25)23(27)26-20-10-8-19(24)9-11-20/h7-12,14-15H,3-6,13H2,1-2H3,(H,26,27)/b18-14+. The number of benzene rings is 2. The molecule has 6 heteroatoms. The van der Waals surface area contributed by atoms with Gasteiger partial charge in [0.05, 0.1) is 13.7 Å². The fraction of sp³-hybridized carbons (Fsp3) is 0.304. The minimum Gasteiger partial charge on any atom is -0.493 e. The molecule has 1 N–H and O–H groups in total. The molecule has 0 aromatic heterocycles. The molecule has 0 unspecified atom stereocenters. The number of nitriles is 1. The van der Waals surface area contributed by atoms with Gasteiger partial charge in [-0.3, -0.25) is 4.79 Å². The van der Waals surface area contributed by atoms with Crippen molar-refractivity contribution in [1.29, 1.82) is 5.26 Å². The Hall–Kier alpha value is -2.53. The van der Waals surface area contributed by atoms with Gasteiger partial charge < -0.3 is 14.8 Å². The van der Waals surface area contributed by atoms with Crippen LogP contribution in [0.3, 0.4) is 0 Å². The molecule has 2 aromatic carbocycles. The number of hydrogen-bond donors (Lipinski definition) is 1. The Balaban J connectivity index is 2.08. The second-order valence-electron chi connectivity index (χ2n) is 6.45. The van der Waals surface area contributed by atoms with Gasteiger partial charge in [-0.1, -0.05) is 32.3 Å². The van der Waals surface area contributed by atoms with Crippen LogP contribution in [0, 0.1) is 14.9 Å². The van der Waals surface area contributed by atoms with Gasteiger partial charge in [0.2, 0.25) is 0 Å². The molecule has 0 heterocycles. The summed E-state index contributed by atoms with van der Waals surface area (Å²) in [5, 5.41) is 12.1. The van der Waals surface area contributed by atoms with Gasteiger partial charge in [-0.15, -0.1) is 0 Å². The minimum absolute atomic E-state index is 0.0128. The Bertz CT molecular complexity index is 886. The van der Waals surface area contributed by atoms with Crippen LogP contribution in [0.5, 0.6) is 11.5 Å². The van der Waals surface area contributed by atoms with E-state index in [-0.39, 0.29) is 5.57 Å². The van der Waals surface area contributed by atoms with Crippen LogP contribution >= 0.6 is 22.6 Å². The number of hydrogen-bond acceptors (Lipinski definition) is 4. The van der Waals surface area contributed by atoms with Gasteiger partial charge in [0, 0.05) is 9.26 Å². The van der Waals surface area contributed by atoms with E-state index in [0.29, 0.717) is 29.4 Å². The third kappa shape index (κ3) is 7.42. The van der Waals surface area contributed by atoms with Crippen molar-refractivity contribution in [1.82, 2.24) is 0 Å². The van der Waals surface area contributed by atoms with Crippen LogP contribution in [0.4, 0.5) is 5.69 Å². The number of rotatable bonds is 10. The molecule has 2 rings (SSSR count). The Morgan fingerprint density at radius 2 is 1.90 bits per heavy atom. The van der Waals surface area contributed by atoms with Crippen molar-refractivity contribution < 1.29 is 14.3 Å². The van der Waals surface area contributed by atoms with Crippen molar-refractivity contribution in [3.63, 3.8) is 0 Å². The molecular formula is C23H25IN2O3. The highest BCUT2D eigenvalue weighted by Crippen LogP contribution is 2.29. The lowest BCUT2D eigenvalue weighted by molar-refractivity contribution is -0.112. The summed E-state index contributed by atoms with van der Waals surface area (Å²) in [6.07, 6.45) is 6.06. The Labute approximate surface area is 185 Å². The van der Waals surface area contributed by atoms with Crippen molar-refractivity contribution in [2.24, 2.45) is 0 Å². The molecule has 152 valence electrons. The monoisotopic (exact) mass is 504 g/mol. The van der Waals surface area contributed by atoms with E-state index < -0.39 is 5.91 Å². The zero-order valence-electron chi connectivity index (χ0n) is 16.7. The molecule has 0 saturated heterocycles. The Morgan fingerprint density at radius 3 is 2.55 bits per heavy atom. The molecule has 0 aliphatic rings. The number of amides is 1. The largest absolute Gasteiger partial charge is 0.493 e. The number of unbranched alkanes of at least 4 members (excludes halogenated alkanes) is 3. The van der Waals surface area contributed by atoms with Crippen molar-refractivity contribution >= 4 is 40.3 Å². The molecule has 0 aliphatic heterocycles. The third-order valence-corrected chi connectivity index (χ3v) is 4.94. The lowest BCUT2D eigenvalue weighted by Gasteiger charge is -2.11. The summed E-state index contributed by atoms with van der Waals surface area (Å²) in [7, 11) is 1.57. The molecule has 1 amide bonds. The molecule has 29 heavy (non-hydrogen) atoms. The fourth-order valence-corrected chi connectivity index (χ4v) is 3.01. The Morgan fingerprint density at radius 1 is 1.14 bits per heavy atom. The van der Waals surface area contributed by atoms with Crippen LogP contribution in [-0.2, 0) is 4.79 Å². The van der Waals surface area contributed by atoms with Crippen LogP contribution in [-0.4, -0.2) is 19.6 Å². The maximum absolute atomic E-state index is 12.4. The summed E-state index contributed by atoms with van der Waals surface area (Å²) < 4.78 is 12.3. The molecule has 2 aromatic rings. The van der Waals surface area contributed by atoms with E-state index in [2.05, 4.69) is 34.8 Å². The maximum atomic E-state index is 12.4. The van der Waals surface area contributed by atoms with E-state index in [1.165, 1.54) is 18.9 Å². The summed E-state index contributed by atoms with van der Waals surface area (Å²) >= 11 is 2.19. The van der Waals surface area contributed by atoms with Gasteiger partial charge in [0.1, 0.15) is 11.6 Å². The molecule has 0 aliphatic carbocycles. The van der Waals surface area contributed by atoms with Gasteiger partial charge in [-0.2, -0.15) is 5.26 Å². The first-order valence-corrected chi connectivity index (χ1v) is 10.6. The average molecular weight is 504 g/mol. The number of nitrogens with zero attached hydrogens (tertiary/aromatic N) is 1. The first-order valence-electron chi connectivity index (χ1n) is 9.57. The van der Waals surface area contributed by atoms with Gasteiger partial charge in [0.25, 0.3) is 5.91 Å². The summed E-state index contributed by atoms with van der Waals surface area (Å²) in [6, 6.07) is 14.7. The number of ether oxygens (including phenoxy) is 2. The van der Waals surface area contributed by atoms with Gasteiger partial charge in [0.15, 0.2) is 11.5 Å². The highest BCUT2D eigenvalue weighted by molar-refractivity contribution is 14.1. The molecule has 0 radical (unpaired) electrons. The summed E-state index contributed by atoms with van der Waals surface area (Å²) in [5.41, 5.74) is 1.34. The highest BCUT2D eigenvalue weighted by Gasteiger charge is 2.11. The van der Waals surface area contributed by atoms with Gasteiger partial charge in [-0.25, -0.2) is 0 Å². The van der Waals surface area contributed by atoms with Crippen molar-refractivity contribution in [3.05, 3.63) is 57.2 Å². The molecule has 5 nitrogen and oxygen atoms in total. The number of methoxy groups -OCH3 is 1. The van der Waals surface area contributed by atoms with Gasteiger partial charge >= 0.3 is 0 Å². The number of halogens is 1. The van der Waals surface area contributed by atoms with E-state index in [4.69, 9.17) is 9.47 Å². The minimum atomic E-state index is -0.455. The number of carbonyl (C=O) groups is 1. The van der Waals surface area contributed by atoms with Crippen LogP contribution in [0.1, 0.15) is 38.2 Å². The SMILES string of the molecule is CCCCCCOc1ccc(/C=C(\C#N)C(=O)Nc2ccc(I)cc2)cc1OC. The van der Waals surface area contributed by atoms with Crippen LogP contribution in [0.2, 0.25) is 0 Å². The second-order valence-corrected chi connectivity index (χ2v) is 7.70. The number of carbonyl (C=O) groups excluding carboxylic acids is 1.